The molecular formula is C23H30N6OS. The second-order valence-corrected chi connectivity index (χ2v) is 10.2. The van der Waals surface area contributed by atoms with Crippen LogP contribution in [0.5, 0.6) is 0 Å². The number of fused-ring (bicyclic) bond motifs is 2. The van der Waals surface area contributed by atoms with Gasteiger partial charge in [-0.3, -0.25) is 9.22 Å². The van der Waals surface area contributed by atoms with Crippen LogP contribution in [0.3, 0.4) is 0 Å². The van der Waals surface area contributed by atoms with Crippen LogP contribution in [0.2, 0.25) is 0 Å². The maximum atomic E-state index is 11.8. The van der Waals surface area contributed by atoms with Crippen LogP contribution >= 0.6 is 0 Å². The van der Waals surface area contributed by atoms with Crippen LogP contribution in [-0.4, -0.2) is 39.9 Å². The van der Waals surface area contributed by atoms with Gasteiger partial charge in [0.05, 0.1) is 5.70 Å². The molecule has 1 saturated carbocycles. The number of H-pyrrole nitrogens is 1. The number of nitrogens with two attached hydrogens (primary N) is 2. The lowest BCUT2D eigenvalue weighted by Crippen LogP contribution is -2.35. The zero-order valence-corrected chi connectivity index (χ0v) is 18.7. The molecule has 1 atom stereocenters. The average Bonchev–Trinajstić information content (AvgIpc) is 3.40. The molecule has 1 aliphatic carbocycles. The Hall–Kier alpha value is -2.58. The molecule has 3 aliphatic rings. The van der Waals surface area contributed by atoms with E-state index in [1.807, 2.05) is 18.3 Å². The summed E-state index contributed by atoms with van der Waals surface area (Å²) in [6, 6.07) is 8.28. The molecule has 0 saturated heterocycles. The number of rotatable bonds is 4. The number of nitrogens with zero attached hydrogens (tertiary/aromatic N) is 3. The van der Waals surface area contributed by atoms with Gasteiger partial charge >= 0.3 is 0 Å². The molecule has 2 aliphatic heterocycles. The summed E-state index contributed by atoms with van der Waals surface area (Å²) in [5, 5.41) is 1.55. The monoisotopic (exact) mass is 438 g/mol. The lowest BCUT2D eigenvalue weighted by atomic mass is 9.79. The van der Waals surface area contributed by atoms with E-state index in [-0.39, 0.29) is 0 Å². The molecule has 0 spiro atoms. The van der Waals surface area contributed by atoms with Gasteiger partial charge in [0.15, 0.2) is 0 Å². The molecule has 5 rings (SSSR count). The normalized spacial score (nSPS) is 25.4. The summed E-state index contributed by atoms with van der Waals surface area (Å²) in [4.78, 5) is 10.9. The summed E-state index contributed by atoms with van der Waals surface area (Å²) in [6.07, 6.45) is 10.8. The molecule has 1 fully saturated rings. The largest absolute Gasteiger partial charge is 0.400 e. The van der Waals surface area contributed by atoms with Gasteiger partial charge in [0.2, 0.25) is 0 Å². The van der Waals surface area contributed by atoms with Crippen LogP contribution in [0.15, 0.2) is 46.0 Å². The topological polar surface area (TPSA) is 104 Å². The minimum atomic E-state index is -0.921. The first-order valence-corrected chi connectivity index (χ1v) is 12.5. The molecule has 0 amide bonds. The number of aliphatic imine (C=N–C) groups is 1. The molecule has 0 radical (unpaired) electrons. The van der Waals surface area contributed by atoms with E-state index in [0.717, 1.165) is 60.0 Å². The Morgan fingerprint density at radius 2 is 2.06 bits per heavy atom. The second kappa shape index (κ2) is 8.16. The Bertz CT molecular complexity index is 1070. The van der Waals surface area contributed by atoms with E-state index in [1.165, 1.54) is 24.1 Å². The van der Waals surface area contributed by atoms with Gasteiger partial charge in [0, 0.05) is 64.1 Å². The van der Waals surface area contributed by atoms with Crippen molar-refractivity contribution in [2.45, 2.75) is 37.0 Å². The van der Waals surface area contributed by atoms with Crippen LogP contribution in [0, 0.1) is 11.8 Å². The number of allylic oxidation sites excluding steroid dienone is 1. The second-order valence-electron chi connectivity index (χ2n) is 8.85. The van der Waals surface area contributed by atoms with Gasteiger partial charge < -0.3 is 15.6 Å². The van der Waals surface area contributed by atoms with E-state index in [0.29, 0.717) is 11.8 Å². The molecule has 164 valence electrons. The Kier molecular flexibility index (Phi) is 5.35. The molecule has 8 heteroatoms. The fraction of sp³-hybridized carbons (Fsp3) is 0.435. The van der Waals surface area contributed by atoms with Gasteiger partial charge in [-0.15, -0.1) is 0 Å². The summed E-state index contributed by atoms with van der Waals surface area (Å²) >= 11 is 0. The van der Waals surface area contributed by atoms with Gasteiger partial charge in [0.1, 0.15) is 12.2 Å². The summed E-state index contributed by atoms with van der Waals surface area (Å²) in [5.74, 6) is 8.01. The van der Waals surface area contributed by atoms with Crippen LogP contribution in [0.4, 0.5) is 11.5 Å². The van der Waals surface area contributed by atoms with Gasteiger partial charge in [-0.1, -0.05) is 0 Å². The van der Waals surface area contributed by atoms with Gasteiger partial charge in [-0.05, 0) is 67.9 Å². The summed E-state index contributed by atoms with van der Waals surface area (Å²) in [7, 11) is -0.921. The summed E-state index contributed by atoms with van der Waals surface area (Å²) in [5.41, 5.74) is 12.0. The average molecular weight is 439 g/mol. The minimum Gasteiger partial charge on any atom is -0.400 e. The first kappa shape index (κ1) is 20.3. The van der Waals surface area contributed by atoms with Gasteiger partial charge in [-0.25, -0.2) is 10.8 Å². The van der Waals surface area contributed by atoms with E-state index in [2.05, 4.69) is 27.0 Å². The van der Waals surface area contributed by atoms with E-state index in [1.54, 1.807) is 17.6 Å². The number of benzene rings is 1. The third-order valence-electron chi connectivity index (χ3n) is 6.96. The third kappa shape index (κ3) is 3.78. The van der Waals surface area contributed by atoms with E-state index >= 15 is 0 Å². The van der Waals surface area contributed by atoms with Crippen LogP contribution in [0.25, 0.3) is 5.70 Å². The van der Waals surface area contributed by atoms with Crippen molar-refractivity contribution in [2.75, 3.05) is 24.2 Å². The Balaban J connectivity index is 1.24. The number of hydrazine groups is 1. The summed E-state index contributed by atoms with van der Waals surface area (Å²) in [6.45, 7) is 2.14. The van der Waals surface area contributed by atoms with Crippen molar-refractivity contribution in [3.8, 4) is 0 Å². The highest BCUT2D eigenvalue weighted by Gasteiger charge is 2.30. The molecule has 3 heterocycles. The molecule has 2 aromatic rings. The van der Waals surface area contributed by atoms with Crippen molar-refractivity contribution in [1.82, 2.24) is 9.99 Å². The van der Waals surface area contributed by atoms with E-state index < -0.39 is 10.8 Å². The van der Waals surface area contributed by atoms with Crippen molar-refractivity contribution in [3.63, 3.8) is 0 Å². The van der Waals surface area contributed by atoms with Crippen molar-refractivity contribution in [2.24, 2.45) is 28.4 Å². The third-order valence-corrected chi connectivity index (χ3v) is 7.88. The highest BCUT2D eigenvalue weighted by atomic mass is 32.2. The number of aromatic amines is 1. The highest BCUT2D eigenvalue weighted by molar-refractivity contribution is 7.84. The van der Waals surface area contributed by atoms with Crippen molar-refractivity contribution in [1.29, 1.82) is 0 Å². The Morgan fingerprint density at radius 3 is 2.84 bits per heavy atom. The quantitative estimate of drug-likeness (QED) is 0.637. The van der Waals surface area contributed by atoms with Crippen molar-refractivity contribution >= 4 is 34.3 Å². The fourth-order valence-corrected chi connectivity index (χ4v) is 5.82. The van der Waals surface area contributed by atoms with E-state index in [9.17, 15) is 4.21 Å². The number of aromatic nitrogens is 1. The molecule has 1 aromatic heterocycles. The molecule has 1 aromatic carbocycles. The van der Waals surface area contributed by atoms with Crippen molar-refractivity contribution < 1.29 is 4.21 Å². The fourth-order valence-electron chi connectivity index (χ4n) is 5.26. The Labute approximate surface area is 185 Å². The highest BCUT2D eigenvalue weighted by Crippen LogP contribution is 2.39. The standard InChI is InChI=1S/C23H30N6OS/c1-31(30)18-6-7-20-17(12-18)9-11-28(20)13-15-2-4-16(5-3-15)21(24)22-19-8-10-26-23(19)27-14-29(22)25/h6-8,10,12,14-16,26H,2-5,9,11,13,24-25H2,1H3/b22-21-. The van der Waals surface area contributed by atoms with Gasteiger partial charge in [0.25, 0.3) is 0 Å². The number of hydrogen-bond donors (Lipinski definition) is 3. The lowest BCUT2D eigenvalue weighted by Gasteiger charge is -2.34. The minimum absolute atomic E-state index is 0.347. The molecule has 0 bridgehead atoms. The van der Waals surface area contributed by atoms with Crippen LogP contribution < -0.4 is 16.5 Å². The predicted octanol–water partition coefficient (Wildman–Crippen LogP) is 3.10. The Morgan fingerprint density at radius 1 is 1.26 bits per heavy atom. The summed E-state index contributed by atoms with van der Waals surface area (Å²) < 4.78 is 11.8. The number of nitrogens with one attached hydrogen (secondary N) is 1. The lowest BCUT2D eigenvalue weighted by molar-refractivity contribution is 0.301. The zero-order valence-electron chi connectivity index (χ0n) is 17.9. The predicted molar refractivity (Wildman–Crippen MR) is 126 cm³/mol. The number of hydrogen-bond acceptors (Lipinski definition) is 6. The molecule has 5 N–H and O–H groups in total. The maximum Gasteiger partial charge on any atom is 0.141 e. The van der Waals surface area contributed by atoms with Gasteiger partial charge in [-0.2, -0.15) is 0 Å². The number of anilines is 1. The molecule has 1 unspecified atom stereocenters. The van der Waals surface area contributed by atoms with Crippen LogP contribution in [-0.2, 0) is 17.2 Å². The van der Waals surface area contributed by atoms with Crippen molar-refractivity contribution in [3.05, 3.63) is 47.3 Å². The van der Waals surface area contributed by atoms with E-state index in [4.69, 9.17) is 11.6 Å². The molecular weight excluding hydrogens is 408 g/mol. The SMILES string of the molecule is CS(=O)c1ccc2c(c1)CCN2CC1CCC(/C(N)=C2\c3cc[nH]c3N=CN2N)CC1. The first-order chi connectivity index (χ1) is 15.0. The first-order valence-electron chi connectivity index (χ1n) is 11.0. The zero-order chi connectivity index (χ0) is 21.5. The van der Waals surface area contributed by atoms with Crippen LogP contribution in [0.1, 0.15) is 36.8 Å². The molecule has 31 heavy (non-hydrogen) atoms. The maximum absolute atomic E-state index is 11.8. The molecule has 7 nitrogen and oxygen atoms in total. The smallest absolute Gasteiger partial charge is 0.141 e.